The van der Waals surface area contributed by atoms with E-state index in [1.54, 1.807) is 32.4 Å². The Morgan fingerprint density at radius 3 is 1.98 bits per heavy atom. The van der Waals surface area contributed by atoms with E-state index in [0.29, 0.717) is 23.6 Å². The number of anilines is 1. The number of rotatable bonds is 13. The topological polar surface area (TPSA) is 95.1 Å². The smallest absolute Gasteiger partial charge is 0.352 e. The zero-order valence-corrected chi connectivity index (χ0v) is 26.7. The van der Waals surface area contributed by atoms with Gasteiger partial charge in [-0.05, 0) is 54.4 Å². The van der Waals surface area contributed by atoms with E-state index in [4.69, 9.17) is 18.9 Å². The molecule has 0 saturated carbocycles. The molecule has 42 heavy (non-hydrogen) atoms. The van der Waals surface area contributed by atoms with Crippen LogP contribution in [0.3, 0.4) is 0 Å². The molecule has 230 valence electrons. The molecule has 1 aliphatic rings. The van der Waals surface area contributed by atoms with Crippen molar-refractivity contribution in [2.45, 2.75) is 98.3 Å². The molecule has 0 bridgehead atoms. The van der Waals surface area contributed by atoms with Crippen molar-refractivity contribution in [1.29, 1.82) is 0 Å². The predicted molar refractivity (Wildman–Crippen MR) is 165 cm³/mol. The number of unbranched alkanes of at least 4 members (excludes halogenated alkanes) is 1. The number of hydrogen-bond acceptors (Lipinski definition) is 8. The molecule has 1 saturated heterocycles. The molecule has 8 nitrogen and oxygen atoms in total. The minimum Gasteiger partial charge on any atom is -0.497 e. The fourth-order valence-electron chi connectivity index (χ4n) is 5.19. The van der Waals surface area contributed by atoms with E-state index in [2.05, 4.69) is 69.5 Å². The molecule has 2 N–H and O–H groups in total. The molecule has 1 heterocycles. The number of carbonyl (C=O) groups excluding carboxylic acids is 2. The van der Waals surface area contributed by atoms with Crippen molar-refractivity contribution in [3.8, 4) is 11.5 Å². The van der Waals surface area contributed by atoms with E-state index >= 15 is 0 Å². The van der Waals surface area contributed by atoms with Crippen molar-refractivity contribution in [1.82, 2.24) is 5.32 Å². The highest BCUT2D eigenvalue weighted by Crippen LogP contribution is 2.34. The predicted octanol–water partition coefficient (Wildman–Crippen LogP) is 6.92. The average molecular weight is 581 g/mol. The molecule has 0 radical (unpaired) electrons. The van der Waals surface area contributed by atoms with Crippen LogP contribution < -0.4 is 20.1 Å². The molecule has 2 aromatic rings. The Bertz CT molecular complexity index is 1250. The summed E-state index contributed by atoms with van der Waals surface area (Å²) < 4.78 is 21.9. The van der Waals surface area contributed by atoms with Crippen molar-refractivity contribution < 1.29 is 28.5 Å². The number of benzene rings is 2. The standard InChI is InChI=1S/C34H48N2O6/c1-10-12-19-34(11-2,22-24-15-13-23(14-16-24)21-32(3,4)5)36-29(28-30(37)41-33(6,7)42-31(28)38)35-26-18-17-25(39-8)20-27(26)40-9/h13-18,20,35-36H,10-12,19,21-22H2,1-9H3. The van der Waals surface area contributed by atoms with Crippen LogP contribution in [0.2, 0.25) is 0 Å². The maximum absolute atomic E-state index is 13.3. The van der Waals surface area contributed by atoms with E-state index in [9.17, 15) is 9.59 Å². The summed E-state index contributed by atoms with van der Waals surface area (Å²) in [5.74, 6) is -1.57. The maximum Gasteiger partial charge on any atom is 0.352 e. The molecule has 1 fully saturated rings. The monoisotopic (exact) mass is 580 g/mol. The van der Waals surface area contributed by atoms with Crippen LogP contribution in [0.5, 0.6) is 11.5 Å². The van der Waals surface area contributed by atoms with Gasteiger partial charge in [-0.15, -0.1) is 0 Å². The van der Waals surface area contributed by atoms with Gasteiger partial charge in [0.1, 0.15) is 17.3 Å². The highest BCUT2D eigenvalue weighted by molar-refractivity contribution is 6.16. The summed E-state index contributed by atoms with van der Waals surface area (Å²) in [5.41, 5.74) is 2.50. The summed E-state index contributed by atoms with van der Waals surface area (Å²) in [5, 5.41) is 6.90. The molecule has 8 heteroatoms. The lowest BCUT2D eigenvalue weighted by atomic mass is 9.82. The largest absolute Gasteiger partial charge is 0.497 e. The molecule has 0 spiro atoms. The number of methoxy groups -OCH3 is 2. The zero-order valence-electron chi connectivity index (χ0n) is 26.7. The van der Waals surface area contributed by atoms with Gasteiger partial charge in [-0.3, -0.25) is 0 Å². The Morgan fingerprint density at radius 2 is 1.48 bits per heavy atom. The lowest BCUT2D eigenvalue weighted by Gasteiger charge is -2.38. The molecule has 1 aliphatic heterocycles. The summed E-state index contributed by atoms with van der Waals surface area (Å²) >= 11 is 0. The van der Waals surface area contributed by atoms with Gasteiger partial charge in [0.25, 0.3) is 5.79 Å². The second kappa shape index (κ2) is 13.5. The lowest BCUT2D eigenvalue weighted by molar-refractivity contribution is -0.222. The van der Waals surface area contributed by atoms with Crippen LogP contribution in [-0.2, 0) is 31.9 Å². The minimum atomic E-state index is -1.36. The molecule has 1 atom stereocenters. The van der Waals surface area contributed by atoms with Gasteiger partial charge in [0, 0.05) is 25.5 Å². The van der Waals surface area contributed by atoms with E-state index < -0.39 is 23.3 Å². The van der Waals surface area contributed by atoms with Gasteiger partial charge in [0.15, 0.2) is 5.57 Å². The Hall–Kier alpha value is -3.68. The minimum absolute atomic E-state index is 0.199. The molecular formula is C34H48N2O6. The second-order valence-corrected chi connectivity index (χ2v) is 12.7. The fraction of sp³-hybridized carbons (Fsp3) is 0.529. The number of cyclic esters (lactones) is 2. The number of ether oxygens (including phenoxy) is 4. The summed E-state index contributed by atoms with van der Waals surface area (Å²) in [6, 6.07) is 14.0. The second-order valence-electron chi connectivity index (χ2n) is 12.7. The third-order valence-corrected chi connectivity index (χ3v) is 7.38. The molecular weight excluding hydrogens is 532 g/mol. The van der Waals surface area contributed by atoms with E-state index in [0.717, 1.165) is 32.1 Å². The van der Waals surface area contributed by atoms with Crippen LogP contribution in [0, 0.1) is 5.41 Å². The first-order valence-corrected chi connectivity index (χ1v) is 14.8. The van der Waals surface area contributed by atoms with Gasteiger partial charge in [-0.25, -0.2) is 9.59 Å². The normalized spacial score (nSPS) is 16.2. The number of nitrogens with one attached hydrogen (secondary N) is 2. The lowest BCUT2D eigenvalue weighted by Crippen LogP contribution is -2.50. The first kappa shape index (κ1) is 32.8. The molecule has 3 rings (SSSR count). The van der Waals surface area contributed by atoms with E-state index in [1.807, 2.05) is 0 Å². The van der Waals surface area contributed by atoms with Gasteiger partial charge < -0.3 is 29.6 Å². The van der Waals surface area contributed by atoms with Crippen LogP contribution in [0.15, 0.2) is 53.9 Å². The van der Waals surface area contributed by atoms with Crippen LogP contribution in [0.4, 0.5) is 5.69 Å². The van der Waals surface area contributed by atoms with Gasteiger partial charge >= 0.3 is 11.9 Å². The zero-order chi connectivity index (χ0) is 31.1. The average Bonchev–Trinajstić information content (AvgIpc) is 2.91. The van der Waals surface area contributed by atoms with Gasteiger partial charge in [-0.2, -0.15) is 0 Å². The third-order valence-electron chi connectivity index (χ3n) is 7.38. The SMILES string of the molecule is CCCCC(CC)(Cc1ccc(CC(C)(C)C)cc1)NC(Nc1ccc(OC)cc1OC)=C1C(=O)OC(C)(C)OC1=O. The summed E-state index contributed by atoms with van der Waals surface area (Å²) in [7, 11) is 3.12. The highest BCUT2D eigenvalue weighted by Gasteiger charge is 2.43. The van der Waals surface area contributed by atoms with E-state index in [-0.39, 0.29) is 16.8 Å². The van der Waals surface area contributed by atoms with Crippen molar-refractivity contribution in [2.75, 3.05) is 19.5 Å². The first-order valence-electron chi connectivity index (χ1n) is 14.8. The Kier molecular flexibility index (Phi) is 10.6. The first-order chi connectivity index (χ1) is 19.7. The van der Waals surface area contributed by atoms with Crippen molar-refractivity contribution in [2.24, 2.45) is 5.41 Å². The molecule has 2 aromatic carbocycles. The van der Waals surface area contributed by atoms with Crippen LogP contribution >= 0.6 is 0 Å². The maximum atomic E-state index is 13.3. The number of hydrogen-bond donors (Lipinski definition) is 2. The van der Waals surface area contributed by atoms with Gasteiger partial charge in [-0.1, -0.05) is 71.7 Å². The molecule has 1 unspecified atom stereocenters. The third kappa shape index (κ3) is 8.66. The van der Waals surface area contributed by atoms with Crippen molar-refractivity contribution >= 4 is 17.6 Å². The van der Waals surface area contributed by atoms with Crippen molar-refractivity contribution in [3.05, 3.63) is 65.0 Å². The van der Waals surface area contributed by atoms with Gasteiger partial charge in [0.05, 0.1) is 19.9 Å². The van der Waals surface area contributed by atoms with E-state index in [1.165, 1.54) is 25.0 Å². The fourth-order valence-corrected chi connectivity index (χ4v) is 5.19. The Morgan fingerprint density at radius 1 is 0.881 bits per heavy atom. The van der Waals surface area contributed by atoms with Crippen LogP contribution in [0.1, 0.15) is 85.3 Å². The van der Waals surface area contributed by atoms with Crippen LogP contribution in [0.25, 0.3) is 0 Å². The molecule has 0 amide bonds. The summed E-state index contributed by atoms with van der Waals surface area (Å²) in [4.78, 5) is 26.6. The molecule has 0 aliphatic carbocycles. The van der Waals surface area contributed by atoms with Crippen molar-refractivity contribution in [3.63, 3.8) is 0 Å². The number of esters is 2. The Balaban J connectivity index is 2.08. The summed E-state index contributed by atoms with van der Waals surface area (Å²) in [6.07, 6.45) is 5.19. The number of carbonyl (C=O) groups is 2. The van der Waals surface area contributed by atoms with Crippen LogP contribution in [-0.4, -0.2) is 37.5 Å². The quantitative estimate of drug-likeness (QED) is 0.150. The Labute approximate surface area is 251 Å². The molecule has 0 aromatic heterocycles. The highest BCUT2D eigenvalue weighted by atomic mass is 16.7. The van der Waals surface area contributed by atoms with Gasteiger partial charge in [0.2, 0.25) is 0 Å². The summed E-state index contributed by atoms with van der Waals surface area (Å²) in [6.45, 7) is 14.0.